The largest absolute Gasteiger partial charge is 0.480 e. The molecule has 7 N–H and O–H groups in total. The third-order valence-electron chi connectivity index (χ3n) is 0.668. The average Bonchev–Trinajstić information content (AvgIpc) is 2.14. The summed E-state index contributed by atoms with van der Waals surface area (Å²) in [7, 11) is 0. The van der Waals surface area contributed by atoms with Gasteiger partial charge in [-0.1, -0.05) is 0 Å². The van der Waals surface area contributed by atoms with Crippen LogP contribution < -0.4 is 17.2 Å². The van der Waals surface area contributed by atoms with Crippen molar-refractivity contribution in [3.63, 3.8) is 0 Å². The third-order valence-corrected chi connectivity index (χ3v) is 0.668. The fourth-order valence-electron chi connectivity index (χ4n) is 0.241. The molecule has 0 aliphatic heterocycles. The van der Waals surface area contributed by atoms with Gasteiger partial charge in [0, 0.05) is 12.0 Å². The lowest BCUT2D eigenvalue weighted by molar-refractivity contribution is -0.138. The number of hydrogen-bond donors (Lipinski definition) is 4. The van der Waals surface area contributed by atoms with E-state index >= 15 is 0 Å². The first-order valence-corrected chi connectivity index (χ1v) is 2.74. The molecular formula is C6H15ClN4O2. The number of rotatable bonds is 5. The number of aliphatic carboxylic acids is 1. The SMILES string of the molecule is Cl.[2H]C([2H])(N=C(N)N)C([2H])([2H])C([2H])([2H])C([2H])(N)C(=O)O. The molecule has 0 saturated heterocycles. The van der Waals surface area contributed by atoms with Gasteiger partial charge in [-0.3, -0.25) is 9.79 Å². The summed E-state index contributed by atoms with van der Waals surface area (Å²) in [4.78, 5) is 13.6. The number of carboxylic acids is 1. The summed E-state index contributed by atoms with van der Waals surface area (Å²) in [6.07, 6.45) is -7.22. The lowest BCUT2D eigenvalue weighted by atomic mass is 10.2. The highest BCUT2D eigenvalue weighted by Crippen LogP contribution is 1.94. The predicted octanol–water partition coefficient (Wildman–Crippen LogP) is -1.13. The molecule has 1 unspecified atom stereocenters. The summed E-state index contributed by atoms with van der Waals surface area (Å²) in [5.74, 6) is -3.03. The van der Waals surface area contributed by atoms with Crippen LogP contribution in [0.25, 0.3) is 0 Å². The van der Waals surface area contributed by atoms with Crippen molar-refractivity contribution in [3.8, 4) is 0 Å². The van der Waals surface area contributed by atoms with Crippen molar-refractivity contribution in [2.75, 3.05) is 6.50 Å². The molecule has 78 valence electrons. The lowest BCUT2D eigenvalue weighted by Gasteiger charge is -2.03. The van der Waals surface area contributed by atoms with Crippen LogP contribution in [-0.2, 0) is 4.79 Å². The van der Waals surface area contributed by atoms with Gasteiger partial charge in [0.25, 0.3) is 0 Å². The zero-order chi connectivity index (χ0) is 15.9. The Morgan fingerprint density at radius 1 is 1.69 bits per heavy atom. The van der Waals surface area contributed by atoms with Crippen molar-refractivity contribution in [1.82, 2.24) is 0 Å². The molecule has 0 bridgehead atoms. The molecule has 0 fully saturated rings. The van der Waals surface area contributed by atoms with Crippen molar-refractivity contribution in [1.29, 1.82) is 0 Å². The van der Waals surface area contributed by atoms with Crippen LogP contribution in [0, 0.1) is 0 Å². The zero-order valence-corrected chi connectivity index (χ0v) is 7.26. The van der Waals surface area contributed by atoms with Gasteiger partial charge in [-0.2, -0.15) is 0 Å². The Hall–Kier alpha value is -1.01. The van der Waals surface area contributed by atoms with Gasteiger partial charge >= 0.3 is 5.97 Å². The second-order valence-electron chi connectivity index (χ2n) is 1.62. The Morgan fingerprint density at radius 2 is 2.23 bits per heavy atom. The Balaban J connectivity index is 0. The van der Waals surface area contributed by atoms with Gasteiger partial charge in [0.05, 0.1) is 4.11 Å². The molecular weight excluding hydrogens is 196 g/mol. The normalized spacial score (nSPS) is 24.8. The van der Waals surface area contributed by atoms with Gasteiger partial charge in [-0.25, -0.2) is 0 Å². The minimum Gasteiger partial charge on any atom is -0.480 e. The fourth-order valence-corrected chi connectivity index (χ4v) is 0.241. The highest BCUT2D eigenvalue weighted by Gasteiger charge is 2.09. The summed E-state index contributed by atoms with van der Waals surface area (Å²) in [5, 5.41) is 8.66. The first-order chi connectivity index (χ1) is 8.11. The molecule has 13 heavy (non-hydrogen) atoms. The number of carbonyl (C=O) groups is 1. The van der Waals surface area contributed by atoms with Crippen LogP contribution in [0.15, 0.2) is 4.99 Å². The third kappa shape index (κ3) is 8.90. The van der Waals surface area contributed by atoms with Gasteiger partial charge in [0.15, 0.2) is 5.96 Å². The van der Waals surface area contributed by atoms with E-state index in [1.54, 1.807) is 0 Å². The van der Waals surface area contributed by atoms with E-state index in [0.717, 1.165) is 0 Å². The molecule has 0 heterocycles. The van der Waals surface area contributed by atoms with E-state index in [4.69, 9.17) is 31.9 Å². The molecule has 0 aliphatic carbocycles. The monoisotopic (exact) mass is 217 g/mol. The number of nitrogens with two attached hydrogens (primary N) is 3. The van der Waals surface area contributed by atoms with Gasteiger partial charge in [0.1, 0.15) is 6.02 Å². The van der Waals surface area contributed by atoms with Crippen LogP contribution in [0.1, 0.15) is 22.3 Å². The van der Waals surface area contributed by atoms with Gasteiger partial charge in [0.2, 0.25) is 0 Å². The molecule has 0 aromatic heterocycles. The molecule has 7 heteroatoms. The Morgan fingerprint density at radius 3 is 2.62 bits per heavy atom. The standard InChI is InChI=1S/C6H14N4O2.ClH/c7-4(5(11)12)2-1-3-10-6(8)9;/h4H,1-3,7H2,(H,11,12)(H4,8,9,10);1H/i1D2,2D2,3D2,4D;. The summed E-state index contributed by atoms with van der Waals surface area (Å²) in [6.45, 7) is -3.32. The number of carboxylic acid groups (broad SMARTS) is 1. The van der Waals surface area contributed by atoms with Crippen molar-refractivity contribution in [2.45, 2.75) is 18.8 Å². The first-order valence-electron chi connectivity index (χ1n) is 6.24. The van der Waals surface area contributed by atoms with Crippen molar-refractivity contribution < 1.29 is 19.5 Å². The number of aliphatic imine (C=N–C) groups is 1. The van der Waals surface area contributed by atoms with Crippen LogP contribution >= 0.6 is 12.4 Å². The number of hydrogen-bond acceptors (Lipinski definition) is 3. The fraction of sp³-hybridized carbons (Fsp3) is 0.667. The van der Waals surface area contributed by atoms with Gasteiger partial charge in [-0.05, 0) is 12.7 Å². The molecule has 0 spiro atoms. The molecule has 1 atom stereocenters. The number of guanidine groups is 1. The van der Waals surface area contributed by atoms with Crippen molar-refractivity contribution >= 4 is 24.3 Å². The first kappa shape index (κ1) is 5.02. The van der Waals surface area contributed by atoms with E-state index in [0.29, 0.717) is 0 Å². The molecule has 6 nitrogen and oxygen atoms in total. The molecule has 0 radical (unpaired) electrons. The summed E-state index contributed by atoms with van der Waals surface area (Å²) in [6, 6.07) is -3.44. The van der Waals surface area contributed by atoms with Crippen LogP contribution in [0.4, 0.5) is 0 Å². The van der Waals surface area contributed by atoms with Gasteiger partial charge < -0.3 is 22.3 Å². The summed E-state index contributed by atoms with van der Waals surface area (Å²) in [5.41, 5.74) is 14.7. The van der Waals surface area contributed by atoms with E-state index < -0.39 is 37.2 Å². The van der Waals surface area contributed by atoms with E-state index in [2.05, 4.69) is 4.99 Å². The van der Waals surface area contributed by atoms with Crippen molar-refractivity contribution in [3.05, 3.63) is 0 Å². The minimum atomic E-state index is -3.63. The topological polar surface area (TPSA) is 128 Å². The minimum absolute atomic E-state index is 0. The van der Waals surface area contributed by atoms with E-state index in [1.165, 1.54) is 0 Å². The molecule has 0 aromatic rings. The number of nitrogens with zero attached hydrogens (tertiary/aromatic N) is 1. The second kappa shape index (κ2) is 7.63. The van der Waals surface area contributed by atoms with E-state index in [9.17, 15) is 4.79 Å². The van der Waals surface area contributed by atoms with Crippen LogP contribution in [-0.4, -0.2) is 29.6 Å². The zero-order valence-electron chi connectivity index (χ0n) is 13.4. The molecule has 0 amide bonds. The smallest absolute Gasteiger partial charge is 0.320 e. The second-order valence-corrected chi connectivity index (χ2v) is 1.62. The van der Waals surface area contributed by atoms with Crippen LogP contribution in [0.5, 0.6) is 0 Å². The van der Waals surface area contributed by atoms with Crippen LogP contribution in [0.2, 0.25) is 0 Å². The molecule has 0 aromatic carbocycles. The maximum absolute atomic E-state index is 10.7. The Kier molecular flexibility index (Phi) is 2.94. The highest BCUT2D eigenvalue weighted by atomic mass is 35.5. The molecule has 0 rings (SSSR count). The van der Waals surface area contributed by atoms with Gasteiger partial charge in [-0.15, -0.1) is 12.4 Å². The molecule has 0 saturated carbocycles. The summed E-state index contributed by atoms with van der Waals surface area (Å²) >= 11 is 0. The Bertz CT molecular complexity index is 410. The predicted molar refractivity (Wildman–Crippen MR) is 52.8 cm³/mol. The van der Waals surface area contributed by atoms with E-state index in [-0.39, 0.29) is 12.4 Å². The quantitative estimate of drug-likeness (QED) is 0.342. The Labute approximate surface area is 92.4 Å². The van der Waals surface area contributed by atoms with Crippen LogP contribution in [0.3, 0.4) is 0 Å². The summed E-state index contributed by atoms with van der Waals surface area (Å²) < 4.78 is 51.4. The van der Waals surface area contributed by atoms with Crippen molar-refractivity contribution in [2.24, 2.45) is 22.2 Å². The molecule has 0 aliphatic rings. The van der Waals surface area contributed by atoms with E-state index in [1.807, 2.05) is 0 Å². The maximum atomic E-state index is 10.7. The maximum Gasteiger partial charge on any atom is 0.320 e. The average molecular weight is 218 g/mol. The highest BCUT2D eigenvalue weighted by molar-refractivity contribution is 5.85. The number of halogens is 1. The lowest BCUT2D eigenvalue weighted by Crippen LogP contribution is -2.30.